The Hall–Kier alpha value is -10.6. The molecule has 15 aromatic rings. The SMILES string of the molecule is CC(C)(C)c1ccc2c(c1)C1(c3cc(C(C)(C)C)ccc3-2)c2ccccc2-c2c(-c3sc(-c4cccc5c4-c4ccccc4C54c5cc(C(C)(C)C)ccc5-c5ccc(C(C)(C)C)cc54)c4nc5c6cc(-c7cc(F)cc(F)c7)ccc6c6ccc(-c7cc(F)cc(F)c7)cc6c5nc34)cccc21. The molecule has 0 amide bonds. The van der Waals surface area contributed by atoms with Crippen molar-refractivity contribution < 1.29 is 17.6 Å². The average molecular weight is 1360 g/mol. The van der Waals surface area contributed by atoms with Gasteiger partial charge in [-0.2, -0.15) is 0 Å². The van der Waals surface area contributed by atoms with Gasteiger partial charge in [0, 0.05) is 34.0 Å². The number of fused-ring (bicyclic) bond motifs is 27. The lowest BCUT2D eigenvalue weighted by molar-refractivity contribution is 0.583. The topological polar surface area (TPSA) is 25.8 Å². The predicted molar refractivity (Wildman–Crippen MR) is 419 cm³/mol. The van der Waals surface area contributed by atoms with Crippen LogP contribution in [0.5, 0.6) is 0 Å². The van der Waals surface area contributed by atoms with Gasteiger partial charge in [0.2, 0.25) is 0 Å². The van der Waals surface area contributed by atoms with Crippen molar-refractivity contribution in [3.8, 4) is 87.6 Å². The van der Waals surface area contributed by atoms with Crippen molar-refractivity contribution in [3.63, 3.8) is 0 Å². The number of halogens is 4. The van der Waals surface area contributed by atoms with Crippen molar-refractivity contribution in [1.82, 2.24) is 9.97 Å². The molecular weight excluding hydrogens is 1290 g/mol. The lowest BCUT2D eigenvalue weighted by atomic mass is 9.68. The molecule has 2 spiro atoms. The van der Waals surface area contributed by atoms with Crippen molar-refractivity contribution in [1.29, 1.82) is 0 Å². The summed E-state index contributed by atoms with van der Waals surface area (Å²) in [4.78, 5) is 14.1. The van der Waals surface area contributed by atoms with Gasteiger partial charge in [0.25, 0.3) is 0 Å². The fraction of sp³-hybridized carbons (Fsp3) is 0.188. The summed E-state index contributed by atoms with van der Waals surface area (Å²) in [6.45, 7) is 27.6. The van der Waals surface area contributed by atoms with E-state index in [2.05, 4.69) is 241 Å². The molecule has 2 aromatic heterocycles. The molecule has 2 nitrogen and oxygen atoms in total. The van der Waals surface area contributed by atoms with Crippen LogP contribution in [0.3, 0.4) is 0 Å². The van der Waals surface area contributed by atoms with Gasteiger partial charge in [0.1, 0.15) is 34.3 Å². The summed E-state index contributed by atoms with van der Waals surface area (Å²) in [7, 11) is 0. The van der Waals surface area contributed by atoms with Crippen LogP contribution in [-0.4, -0.2) is 9.97 Å². The highest BCUT2D eigenvalue weighted by molar-refractivity contribution is 7.21. The van der Waals surface area contributed by atoms with Crippen LogP contribution in [0.4, 0.5) is 17.6 Å². The van der Waals surface area contributed by atoms with E-state index in [0.717, 1.165) is 76.8 Å². The van der Waals surface area contributed by atoms with Gasteiger partial charge in [0.05, 0.1) is 31.6 Å². The molecule has 4 aliphatic rings. The van der Waals surface area contributed by atoms with Crippen molar-refractivity contribution >= 4 is 54.9 Å². The number of nitrogens with zero attached hydrogens (tertiary/aromatic N) is 2. The summed E-state index contributed by atoms with van der Waals surface area (Å²) in [6.07, 6.45) is 0. The zero-order valence-corrected chi connectivity index (χ0v) is 60.6. The zero-order chi connectivity index (χ0) is 71.1. The van der Waals surface area contributed by atoms with E-state index >= 15 is 17.6 Å². The predicted octanol–water partition coefficient (Wildman–Crippen LogP) is 26.3. The Balaban J connectivity index is 0.965. The Morgan fingerprint density at radius 1 is 0.252 bits per heavy atom. The molecular formula is C96H74F4N2S. The van der Waals surface area contributed by atoms with Crippen LogP contribution in [0.25, 0.3) is 131 Å². The fourth-order valence-electron chi connectivity index (χ4n) is 18.2. The van der Waals surface area contributed by atoms with E-state index < -0.39 is 34.1 Å². The molecule has 0 unspecified atom stereocenters. The second-order valence-corrected chi connectivity index (χ2v) is 34.3. The van der Waals surface area contributed by atoms with E-state index in [1.54, 1.807) is 11.3 Å². The molecule has 0 bridgehead atoms. The van der Waals surface area contributed by atoms with Crippen molar-refractivity contribution in [2.45, 2.75) is 116 Å². The summed E-state index contributed by atoms with van der Waals surface area (Å²) in [5.74, 6) is -2.74. The molecule has 0 radical (unpaired) electrons. The van der Waals surface area contributed by atoms with Gasteiger partial charge in [-0.25, -0.2) is 27.5 Å². The molecule has 0 aliphatic heterocycles. The van der Waals surface area contributed by atoms with Crippen LogP contribution in [0.1, 0.15) is 150 Å². The van der Waals surface area contributed by atoms with Crippen LogP contribution in [0.2, 0.25) is 0 Å². The van der Waals surface area contributed by atoms with Crippen LogP contribution < -0.4 is 0 Å². The molecule has 103 heavy (non-hydrogen) atoms. The molecule has 0 saturated heterocycles. The monoisotopic (exact) mass is 1360 g/mol. The number of hydrogen-bond donors (Lipinski definition) is 0. The molecule has 7 heteroatoms. The van der Waals surface area contributed by atoms with Crippen LogP contribution in [-0.2, 0) is 32.5 Å². The van der Waals surface area contributed by atoms with Crippen molar-refractivity contribution in [2.75, 3.05) is 0 Å². The van der Waals surface area contributed by atoms with Crippen LogP contribution in [0.15, 0.2) is 231 Å². The molecule has 19 rings (SSSR count). The Bertz CT molecular complexity index is 5750. The summed E-state index contributed by atoms with van der Waals surface area (Å²) < 4.78 is 61.6. The lowest BCUT2D eigenvalue weighted by Crippen LogP contribution is -2.27. The molecule has 0 atom stereocenters. The highest BCUT2D eigenvalue weighted by Gasteiger charge is 2.55. The van der Waals surface area contributed by atoms with Gasteiger partial charge in [-0.05, 0) is 202 Å². The first kappa shape index (κ1) is 63.3. The minimum Gasteiger partial charge on any atom is -0.242 e. The number of rotatable bonds is 4. The second kappa shape index (κ2) is 21.5. The van der Waals surface area contributed by atoms with Gasteiger partial charge in [-0.3, -0.25) is 0 Å². The quantitative estimate of drug-likeness (QED) is 0.130. The van der Waals surface area contributed by atoms with E-state index in [-0.39, 0.29) is 21.7 Å². The largest absolute Gasteiger partial charge is 0.242 e. The van der Waals surface area contributed by atoms with Gasteiger partial charge in [-0.1, -0.05) is 265 Å². The highest BCUT2D eigenvalue weighted by Crippen LogP contribution is 2.68. The average Bonchev–Trinajstić information content (AvgIpc) is 1.51. The zero-order valence-electron chi connectivity index (χ0n) is 59.8. The van der Waals surface area contributed by atoms with Crippen LogP contribution >= 0.6 is 11.3 Å². The molecule has 4 aliphatic carbocycles. The molecule has 13 aromatic carbocycles. The van der Waals surface area contributed by atoms with E-state index in [9.17, 15) is 0 Å². The van der Waals surface area contributed by atoms with Gasteiger partial charge in [-0.15, -0.1) is 11.3 Å². The smallest absolute Gasteiger partial charge is 0.126 e. The van der Waals surface area contributed by atoms with E-state index in [0.29, 0.717) is 44.3 Å². The molecule has 2 heterocycles. The molecule has 0 saturated carbocycles. The van der Waals surface area contributed by atoms with Crippen LogP contribution in [0, 0.1) is 23.3 Å². The molecule has 502 valence electrons. The Morgan fingerprint density at radius 2 is 0.563 bits per heavy atom. The Kier molecular flexibility index (Phi) is 13.2. The normalized spacial score (nSPS) is 14.4. The first-order valence-electron chi connectivity index (χ1n) is 35.8. The van der Waals surface area contributed by atoms with Gasteiger partial charge >= 0.3 is 0 Å². The maximum atomic E-state index is 15.4. The first-order valence-corrected chi connectivity index (χ1v) is 36.7. The van der Waals surface area contributed by atoms with Crippen molar-refractivity contribution in [3.05, 3.63) is 321 Å². The first-order chi connectivity index (χ1) is 49.2. The lowest BCUT2D eigenvalue weighted by Gasteiger charge is -2.33. The third-order valence-corrected chi connectivity index (χ3v) is 24.4. The Morgan fingerprint density at radius 3 is 0.893 bits per heavy atom. The highest BCUT2D eigenvalue weighted by atomic mass is 32.1. The number of benzene rings is 13. The summed E-state index contributed by atoms with van der Waals surface area (Å²) in [5, 5.41) is 3.11. The third kappa shape index (κ3) is 8.97. The summed E-state index contributed by atoms with van der Waals surface area (Å²) in [5.41, 5.74) is 29.0. The fourth-order valence-corrected chi connectivity index (χ4v) is 19.4. The minimum absolute atomic E-state index is 0.145. The van der Waals surface area contributed by atoms with Gasteiger partial charge in [0.15, 0.2) is 0 Å². The van der Waals surface area contributed by atoms with Crippen molar-refractivity contribution in [2.24, 2.45) is 0 Å². The number of hydrogen-bond acceptors (Lipinski definition) is 3. The van der Waals surface area contributed by atoms with E-state index in [4.69, 9.17) is 9.97 Å². The summed E-state index contributed by atoms with van der Waals surface area (Å²) in [6, 6.07) is 79.6. The summed E-state index contributed by atoms with van der Waals surface area (Å²) >= 11 is 1.72. The number of thiophene rings is 1. The second-order valence-electron chi connectivity index (χ2n) is 33.3. The molecule has 0 fully saturated rings. The Labute approximate surface area is 602 Å². The van der Waals surface area contributed by atoms with E-state index in [1.807, 2.05) is 36.4 Å². The maximum Gasteiger partial charge on any atom is 0.126 e. The third-order valence-electron chi connectivity index (χ3n) is 23.1. The van der Waals surface area contributed by atoms with Gasteiger partial charge < -0.3 is 0 Å². The van der Waals surface area contributed by atoms with E-state index in [1.165, 1.54) is 113 Å². The maximum absolute atomic E-state index is 15.4. The standard InChI is InChI=1S/C96H74F4N2S/c1-91(2,3)55-29-35-65-66-36-30-56(92(4,5)6)46-80(66)95(79(65)45-55)75-23-15-13-19-69(75)83-71(21-17-25-77(83)95)89-87-88(102-86-74-44-52(54-41-61(99)50-62(100)42-54)28-34-64(74)63-33-27-51(43-73(63)85(86)101-87)53-39-59(97)49-60(98)40-53)90(103-89)72-22-18-26-78-84(72)70-20-14-16-24-76(70)96(78)81-47-57(93(7,8)9)31-37-67(81)68-38-32-58(48-82(68)96)94(10,11)12/h13-50H,1-12H3. The number of aromatic nitrogens is 2. The molecule has 0 N–H and O–H groups in total. The minimum atomic E-state index is -0.709.